The van der Waals surface area contributed by atoms with E-state index in [1.165, 1.54) is 6.33 Å². The fraction of sp³-hybridized carbons (Fsp3) is 0.167. The maximum atomic E-state index is 12.5. The summed E-state index contributed by atoms with van der Waals surface area (Å²) in [6.07, 6.45) is 3.22. The second-order valence-corrected chi connectivity index (χ2v) is 10.1. The smallest absolute Gasteiger partial charge is 0.308 e. The van der Waals surface area contributed by atoms with Crippen LogP contribution in [0, 0.1) is 0 Å². The van der Waals surface area contributed by atoms with Crippen LogP contribution in [-0.4, -0.2) is 21.0 Å². The molecule has 0 saturated heterocycles. The maximum absolute atomic E-state index is 12.5. The van der Waals surface area contributed by atoms with E-state index < -0.39 is 0 Å². The Bertz CT molecular complexity index is 1300. The lowest BCUT2D eigenvalue weighted by Gasteiger charge is -2.13. The van der Waals surface area contributed by atoms with Crippen LogP contribution in [0.25, 0.3) is 21.8 Å². The van der Waals surface area contributed by atoms with Crippen molar-refractivity contribution in [3.05, 3.63) is 76.1 Å². The molecule has 0 spiro atoms. The normalized spacial score (nSPS) is 11.3. The van der Waals surface area contributed by atoms with Crippen molar-refractivity contribution in [3.8, 4) is 21.8 Å². The number of urea groups is 1. The molecule has 0 radical (unpaired) electrons. The summed E-state index contributed by atoms with van der Waals surface area (Å²) in [5, 5.41) is 7.42. The van der Waals surface area contributed by atoms with Crippen molar-refractivity contribution in [3.63, 3.8) is 0 Å². The van der Waals surface area contributed by atoms with Gasteiger partial charge in [-0.3, -0.25) is 0 Å². The predicted octanol–water partition coefficient (Wildman–Crippen LogP) is 7.52. The van der Waals surface area contributed by atoms with Gasteiger partial charge in [0, 0.05) is 23.0 Å². The van der Waals surface area contributed by atoms with Gasteiger partial charge in [-0.15, -0.1) is 11.3 Å². The molecule has 4 aromatic rings. The van der Waals surface area contributed by atoms with Crippen LogP contribution in [0.5, 0.6) is 0 Å². The highest BCUT2D eigenvalue weighted by atomic mass is 35.5. The zero-order valence-electron chi connectivity index (χ0n) is 18.2. The van der Waals surface area contributed by atoms with Crippen LogP contribution in [0.15, 0.2) is 61.1 Å². The Morgan fingerprint density at radius 1 is 0.970 bits per heavy atom. The number of halogens is 2. The molecule has 4 rings (SSSR count). The van der Waals surface area contributed by atoms with Gasteiger partial charge in [0.2, 0.25) is 0 Å². The third kappa shape index (κ3) is 5.50. The molecule has 0 aliphatic rings. The molecule has 2 aromatic carbocycles. The molecule has 0 atom stereocenters. The van der Waals surface area contributed by atoms with Crippen LogP contribution in [0.3, 0.4) is 0 Å². The van der Waals surface area contributed by atoms with Crippen molar-refractivity contribution in [2.75, 3.05) is 10.6 Å². The van der Waals surface area contributed by atoms with Crippen molar-refractivity contribution in [1.29, 1.82) is 0 Å². The van der Waals surface area contributed by atoms with Crippen LogP contribution in [-0.2, 0) is 5.41 Å². The van der Waals surface area contributed by atoms with Crippen LogP contribution < -0.4 is 10.6 Å². The molecular weight excluding hydrogens is 477 g/mol. The molecule has 0 aliphatic heterocycles. The summed E-state index contributed by atoms with van der Waals surface area (Å²) in [4.78, 5) is 26.8. The molecule has 2 aromatic heterocycles. The number of hydrogen-bond acceptors (Lipinski definition) is 5. The number of thiazole rings is 1. The van der Waals surface area contributed by atoms with E-state index in [-0.39, 0.29) is 11.4 Å². The first-order valence-electron chi connectivity index (χ1n) is 10.1. The summed E-state index contributed by atoms with van der Waals surface area (Å²) in [6.45, 7) is 6.39. The molecule has 33 heavy (non-hydrogen) atoms. The van der Waals surface area contributed by atoms with E-state index in [4.69, 9.17) is 28.2 Å². The predicted molar refractivity (Wildman–Crippen MR) is 136 cm³/mol. The number of carbonyl (C=O) groups excluding carboxylic acids is 1. The van der Waals surface area contributed by atoms with Crippen molar-refractivity contribution >= 4 is 51.9 Å². The highest BCUT2D eigenvalue weighted by Gasteiger charge is 2.24. The van der Waals surface area contributed by atoms with E-state index in [1.54, 1.807) is 35.7 Å². The van der Waals surface area contributed by atoms with Gasteiger partial charge < -0.3 is 10.6 Å². The lowest BCUT2D eigenvalue weighted by Crippen LogP contribution is -2.19. The molecule has 6 nitrogen and oxygen atoms in total. The molecule has 2 N–H and O–H groups in total. The zero-order chi connectivity index (χ0) is 23.6. The Hall–Kier alpha value is -3.00. The zero-order valence-corrected chi connectivity index (χ0v) is 20.5. The number of rotatable bonds is 4. The van der Waals surface area contributed by atoms with Crippen molar-refractivity contribution < 1.29 is 4.79 Å². The Labute approximate surface area is 206 Å². The van der Waals surface area contributed by atoms with E-state index in [2.05, 4.69) is 41.4 Å². The summed E-state index contributed by atoms with van der Waals surface area (Å²) >= 11 is 13.6. The van der Waals surface area contributed by atoms with Gasteiger partial charge in [0.25, 0.3) is 0 Å². The quantitative estimate of drug-likeness (QED) is 0.305. The van der Waals surface area contributed by atoms with Crippen molar-refractivity contribution in [2.45, 2.75) is 26.2 Å². The van der Waals surface area contributed by atoms with E-state index in [0.29, 0.717) is 21.4 Å². The third-order valence-electron chi connectivity index (χ3n) is 4.65. The number of anilines is 2. The van der Waals surface area contributed by atoms with Gasteiger partial charge in [-0.1, -0.05) is 56.1 Å². The number of nitrogens with one attached hydrogen (secondary N) is 2. The van der Waals surface area contributed by atoms with Gasteiger partial charge >= 0.3 is 6.03 Å². The Kier molecular flexibility index (Phi) is 6.65. The number of nitrogens with zero attached hydrogens (tertiary/aromatic N) is 3. The van der Waals surface area contributed by atoms with E-state index in [9.17, 15) is 4.79 Å². The van der Waals surface area contributed by atoms with Crippen LogP contribution in [0.2, 0.25) is 10.0 Å². The molecule has 0 fully saturated rings. The standard InChI is InChI=1S/C24H21Cl2N5OS/c1-24(2,3)22-31-20(19-9-10-27-13-28-19)21(33-22)14-5-4-6-15(11-14)29-23(32)30-16-7-8-17(25)18(26)12-16/h4-13H,1-3H3,(H2,29,30,32). The molecular formula is C24H21Cl2N5OS. The topological polar surface area (TPSA) is 79.8 Å². The van der Waals surface area contributed by atoms with Gasteiger partial charge in [0.05, 0.1) is 25.6 Å². The number of carbonyl (C=O) groups is 1. The van der Waals surface area contributed by atoms with E-state index >= 15 is 0 Å². The van der Waals surface area contributed by atoms with Gasteiger partial charge in [0.1, 0.15) is 12.0 Å². The Morgan fingerprint density at radius 3 is 2.39 bits per heavy atom. The van der Waals surface area contributed by atoms with E-state index in [0.717, 1.165) is 26.8 Å². The highest BCUT2D eigenvalue weighted by molar-refractivity contribution is 7.15. The minimum Gasteiger partial charge on any atom is -0.308 e. The number of aromatic nitrogens is 3. The van der Waals surface area contributed by atoms with Crippen molar-refractivity contribution in [1.82, 2.24) is 15.0 Å². The van der Waals surface area contributed by atoms with Crippen LogP contribution >= 0.6 is 34.5 Å². The van der Waals surface area contributed by atoms with E-state index in [1.807, 2.05) is 30.3 Å². The van der Waals surface area contributed by atoms with Gasteiger partial charge in [-0.05, 0) is 42.0 Å². The second kappa shape index (κ2) is 9.47. The summed E-state index contributed by atoms with van der Waals surface area (Å²) in [5.41, 5.74) is 3.56. The molecule has 0 aliphatic carbocycles. The molecule has 0 bridgehead atoms. The summed E-state index contributed by atoms with van der Waals surface area (Å²) in [7, 11) is 0. The van der Waals surface area contributed by atoms with Gasteiger partial charge in [-0.2, -0.15) is 0 Å². The first-order chi connectivity index (χ1) is 15.7. The number of amides is 2. The first-order valence-corrected chi connectivity index (χ1v) is 11.7. The Balaban J connectivity index is 1.63. The maximum Gasteiger partial charge on any atom is 0.323 e. The molecule has 168 valence electrons. The summed E-state index contributed by atoms with van der Waals surface area (Å²) in [5.74, 6) is 0. The molecule has 9 heteroatoms. The van der Waals surface area contributed by atoms with Crippen LogP contribution in [0.1, 0.15) is 25.8 Å². The molecule has 2 amide bonds. The minimum absolute atomic E-state index is 0.111. The molecule has 0 saturated carbocycles. The Morgan fingerprint density at radius 2 is 1.73 bits per heavy atom. The summed E-state index contributed by atoms with van der Waals surface area (Å²) < 4.78 is 0. The SMILES string of the molecule is CC(C)(C)c1nc(-c2ccncn2)c(-c2cccc(NC(=O)Nc3ccc(Cl)c(Cl)c3)c2)s1. The first kappa shape index (κ1) is 23.2. The average Bonchev–Trinajstić information content (AvgIpc) is 3.23. The van der Waals surface area contributed by atoms with Crippen molar-refractivity contribution in [2.24, 2.45) is 0 Å². The number of benzene rings is 2. The van der Waals surface area contributed by atoms with Gasteiger partial charge in [-0.25, -0.2) is 19.7 Å². The third-order valence-corrected chi connectivity index (χ3v) is 6.92. The molecule has 0 unspecified atom stereocenters. The largest absolute Gasteiger partial charge is 0.323 e. The lowest BCUT2D eigenvalue weighted by atomic mass is 9.98. The highest BCUT2D eigenvalue weighted by Crippen LogP contribution is 2.40. The minimum atomic E-state index is -0.388. The average molecular weight is 498 g/mol. The molecule has 2 heterocycles. The summed E-state index contributed by atoms with van der Waals surface area (Å²) in [6, 6.07) is 14.0. The van der Waals surface area contributed by atoms with Crippen LogP contribution in [0.4, 0.5) is 16.2 Å². The monoisotopic (exact) mass is 497 g/mol. The fourth-order valence-corrected chi connectivity index (χ4v) is 4.47. The fourth-order valence-electron chi connectivity index (χ4n) is 3.05. The lowest BCUT2D eigenvalue weighted by molar-refractivity contribution is 0.262. The number of hydrogen-bond donors (Lipinski definition) is 2. The van der Waals surface area contributed by atoms with Gasteiger partial charge in [0.15, 0.2) is 0 Å². The second-order valence-electron chi connectivity index (χ2n) is 8.33.